The van der Waals surface area contributed by atoms with E-state index in [-0.39, 0.29) is 11.5 Å². The van der Waals surface area contributed by atoms with Gasteiger partial charge in [-0.1, -0.05) is 23.7 Å². The molecular weight excluding hydrogens is 289 g/mol. The van der Waals surface area contributed by atoms with Crippen LogP contribution in [-0.2, 0) is 6.18 Å². The summed E-state index contributed by atoms with van der Waals surface area (Å²) < 4.78 is 38.7. The summed E-state index contributed by atoms with van der Waals surface area (Å²) in [5.41, 5.74) is 0.0412. The minimum atomic E-state index is -4.42. The number of alkyl halides is 3. The third-order valence-electron chi connectivity index (χ3n) is 2.63. The summed E-state index contributed by atoms with van der Waals surface area (Å²) in [4.78, 5) is 4.18. The van der Waals surface area contributed by atoms with Gasteiger partial charge < -0.3 is 5.32 Å². The fourth-order valence-corrected chi connectivity index (χ4v) is 1.95. The van der Waals surface area contributed by atoms with Gasteiger partial charge in [0.1, 0.15) is 5.82 Å². The van der Waals surface area contributed by atoms with Crippen LogP contribution in [0.1, 0.15) is 12.5 Å². The Labute approximate surface area is 119 Å². The van der Waals surface area contributed by atoms with Crippen LogP contribution in [0.3, 0.4) is 0 Å². The van der Waals surface area contributed by atoms with Crippen LogP contribution in [0.25, 0.3) is 11.3 Å². The Morgan fingerprint density at radius 1 is 1.20 bits per heavy atom. The number of anilines is 1. The lowest BCUT2D eigenvalue weighted by Gasteiger charge is -2.12. The first kappa shape index (κ1) is 14.7. The van der Waals surface area contributed by atoms with Crippen LogP contribution in [-0.4, -0.2) is 11.5 Å². The third kappa shape index (κ3) is 3.42. The van der Waals surface area contributed by atoms with Crippen LogP contribution in [0.2, 0.25) is 5.02 Å². The molecule has 0 unspecified atom stereocenters. The van der Waals surface area contributed by atoms with Crippen molar-refractivity contribution in [3.05, 3.63) is 47.0 Å². The molecule has 0 saturated carbocycles. The predicted molar refractivity (Wildman–Crippen MR) is 73.8 cm³/mol. The topological polar surface area (TPSA) is 24.9 Å². The van der Waals surface area contributed by atoms with Crippen LogP contribution in [0.5, 0.6) is 0 Å². The number of hydrogen-bond donors (Lipinski definition) is 1. The number of pyridine rings is 1. The summed E-state index contributed by atoms with van der Waals surface area (Å²) in [6.07, 6.45) is -4.42. The molecule has 1 aromatic heterocycles. The molecule has 0 radical (unpaired) electrons. The maximum atomic E-state index is 12.9. The van der Waals surface area contributed by atoms with E-state index in [1.54, 1.807) is 31.2 Å². The Balaban J connectivity index is 2.54. The second kappa shape index (κ2) is 5.71. The highest BCUT2D eigenvalue weighted by Crippen LogP contribution is 2.33. The molecule has 2 nitrogen and oxygen atoms in total. The Bertz CT molecular complexity index is 612. The molecule has 0 atom stereocenters. The summed E-state index contributed by atoms with van der Waals surface area (Å²) in [6, 6.07) is 8.60. The highest BCUT2D eigenvalue weighted by Gasteiger charge is 2.31. The van der Waals surface area contributed by atoms with Crippen molar-refractivity contribution >= 4 is 17.4 Å². The van der Waals surface area contributed by atoms with Crippen molar-refractivity contribution < 1.29 is 13.2 Å². The Hall–Kier alpha value is -1.75. The molecule has 106 valence electrons. The summed E-state index contributed by atoms with van der Waals surface area (Å²) >= 11 is 5.86. The van der Waals surface area contributed by atoms with Gasteiger partial charge in [0.25, 0.3) is 0 Å². The van der Waals surface area contributed by atoms with E-state index in [2.05, 4.69) is 10.3 Å². The molecule has 0 saturated heterocycles. The van der Waals surface area contributed by atoms with E-state index < -0.39 is 11.7 Å². The van der Waals surface area contributed by atoms with Gasteiger partial charge in [-0.15, -0.1) is 0 Å². The second-order valence-corrected chi connectivity index (χ2v) is 4.60. The molecule has 1 heterocycles. The first-order valence-electron chi connectivity index (χ1n) is 5.99. The molecule has 0 aliphatic heterocycles. The number of rotatable bonds is 3. The smallest absolute Gasteiger partial charge is 0.370 e. The maximum absolute atomic E-state index is 12.9. The number of benzene rings is 1. The molecule has 6 heteroatoms. The van der Waals surface area contributed by atoms with E-state index in [1.165, 1.54) is 0 Å². The highest BCUT2D eigenvalue weighted by atomic mass is 35.5. The maximum Gasteiger partial charge on any atom is 0.416 e. The van der Waals surface area contributed by atoms with Gasteiger partial charge in [-0.05, 0) is 31.2 Å². The van der Waals surface area contributed by atoms with Gasteiger partial charge in [0.2, 0.25) is 0 Å². The van der Waals surface area contributed by atoms with Crippen molar-refractivity contribution in [1.82, 2.24) is 4.98 Å². The van der Waals surface area contributed by atoms with Gasteiger partial charge in [0.15, 0.2) is 0 Å². The first-order valence-corrected chi connectivity index (χ1v) is 6.37. The van der Waals surface area contributed by atoms with Crippen molar-refractivity contribution in [1.29, 1.82) is 0 Å². The molecule has 0 aliphatic carbocycles. The Morgan fingerprint density at radius 2 is 1.95 bits per heavy atom. The summed E-state index contributed by atoms with van der Waals surface area (Å²) in [5, 5.41) is 3.25. The van der Waals surface area contributed by atoms with Crippen molar-refractivity contribution in [2.45, 2.75) is 13.1 Å². The lowest BCUT2D eigenvalue weighted by atomic mass is 10.1. The van der Waals surface area contributed by atoms with Gasteiger partial charge in [0, 0.05) is 17.1 Å². The van der Waals surface area contributed by atoms with Gasteiger partial charge in [0.05, 0.1) is 11.3 Å². The number of hydrogen-bond acceptors (Lipinski definition) is 2. The molecule has 0 amide bonds. The molecule has 2 aromatic rings. The van der Waals surface area contributed by atoms with Crippen LogP contribution in [0, 0.1) is 0 Å². The zero-order valence-electron chi connectivity index (χ0n) is 10.6. The van der Waals surface area contributed by atoms with Crippen LogP contribution >= 0.6 is 11.6 Å². The van der Waals surface area contributed by atoms with Crippen molar-refractivity contribution in [2.75, 3.05) is 11.9 Å². The minimum Gasteiger partial charge on any atom is -0.370 e. The zero-order chi connectivity index (χ0) is 14.8. The molecule has 1 N–H and O–H groups in total. The third-order valence-corrected chi connectivity index (χ3v) is 2.87. The summed E-state index contributed by atoms with van der Waals surface area (Å²) in [5.74, 6) is 0.192. The Morgan fingerprint density at radius 3 is 2.55 bits per heavy atom. The van der Waals surface area contributed by atoms with Crippen molar-refractivity contribution in [3.63, 3.8) is 0 Å². The fraction of sp³-hybridized carbons (Fsp3) is 0.214. The normalized spacial score (nSPS) is 11.4. The van der Waals surface area contributed by atoms with E-state index in [9.17, 15) is 13.2 Å². The van der Waals surface area contributed by atoms with Gasteiger partial charge >= 0.3 is 6.18 Å². The SMILES string of the molecule is CCNc1cc(C(F)(F)F)cc(-c2cccc(Cl)c2)n1. The average molecular weight is 301 g/mol. The van der Waals surface area contributed by atoms with E-state index in [1.807, 2.05) is 0 Å². The monoisotopic (exact) mass is 300 g/mol. The molecule has 0 spiro atoms. The predicted octanol–water partition coefficient (Wildman–Crippen LogP) is 4.85. The van der Waals surface area contributed by atoms with Crippen LogP contribution in [0.4, 0.5) is 19.0 Å². The molecular formula is C14H12ClF3N2. The molecule has 0 bridgehead atoms. The van der Waals surface area contributed by atoms with Gasteiger partial charge in [-0.25, -0.2) is 4.98 Å². The molecule has 0 aliphatic rings. The number of nitrogens with zero attached hydrogens (tertiary/aromatic N) is 1. The van der Waals surface area contributed by atoms with Crippen LogP contribution < -0.4 is 5.32 Å². The largest absolute Gasteiger partial charge is 0.416 e. The summed E-state index contributed by atoms with van der Waals surface area (Å²) in [6.45, 7) is 2.28. The molecule has 20 heavy (non-hydrogen) atoms. The zero-order valence-corrected chi connectivity index (χ0v) is 11.4. The fourth-order valence-electron chi connectivity index (χ4n) is 1.76. The second-order valence-electron chi connectivity index (χ2n) is 4.16. The quantitative estimate of drug-likeness (QED) is 0.876. The minimum absolute atomic E-state index is 0.192. The Kier molecular flexibility index (Phi) is 4.18. The standard InChI is InChI=1S/C14H12ClF3N2/c1-2-19-13-8-10(14(16,17)18)7-12(20-13)9-4-3-5-11(15)6-9/h3-8H,2H2,1H3,(H,19,20). The van der Waals surface area contributed by atoms with Crippen LogP contribution in [0.15, 0.2) is 36.4 Å². The highest BCUT2D eigenvalue weighted by molar-refractivity contribution is 6.30. The van der Waals surface area contributed by atoms with Gasteiger partial charge in [-0.2, -0.15) is 13.2 Å². The number of aromatic nitrogens is 1. The lowest BCUT2D eigenvalue weighted by Crippen LogP contribution is -2.08. The number of halogens is 4. The van der Waals surface area contributed by atoms with Gasteiger partial charge in [-0.3, -0.25) is 0 Å². The molecule has 2 rings (SSSR count). The molecule has 1 aromatic carbocycles. The van der Waals surface area contributed by atoms with Crippen molar-refractivity contribution in [2.24, 2.45) is 0 Å². The number of nitrogens with one attached hydrogen (secondary N) is 1. The van der Waals surface area contributed by atoms with E-state index in [0.29, 0.717) is 17.1 Å². The van der Waals surface area contributed by atoms with Crippen molar-refractivity contribution in [3.8, 4) is 11.3 Å². The average Bonchev–Trinajstić information content (AvgIpc) is 2.38. The summed E-state index contributed by atoms with van der Waals surface area (Å²) in [7, 11) is 0. The first-order chi connectivity index (χ1) is 9.40. The molecule has 0 fully saturated rings. The van der Waals surface area contributed by atoms with E-state index in [4.69, 9.17) is 11.6 Å². The lowest BCUT2D eigenvalue weighted by molar-refractivity contribution is -0.137. The van der Waals surface area contributed by atoms with E-state index >= 15 is 0 Å². The van der Waals surface area contributed by atoms with E-state index in [0.717, 1.165) is 12.1 Å².